The quantitative estimate of drug-likeness (QED) is 0.895. The second kappa shape index (κ2) is 6.86. The van der Waals surface area contributed by atoms with Crippen LogP contribution in [-0.2, 0) is 21.5 Å². The Labute approximate surface area is 158 Å². The first kappa shape index (κ1) is 17.3. The lowest BCUT2D eigenvalue weighted by atomic mass is 9.73. The maximum Gasteiger partial charge on any atom is 0.205 e. The number of carbonyl (C=O) groups is 1. The molecular formula is C21H21ClN2O2. The normalized spacial score (nSPS) is 26.0. The second-order valence-electron chi connectivity index (χ2n) is 6.95. The summed E-state index contributed by atoms with van der Waals surface area (Å²) >= 11 is 6.43. The van der Waals surface area contributed by atoms with Gasteiger partial charge in [0.1, 0.15) is 0 Å². The second-order valence-corrected chi connectivity index (χ2v) is 7.36. The highest BCUT2D eigenvalue weighted by atomic mass is 35.5. The molecule has 26 heavy (non-hydrogen) atoms. The van der Waals surface area contributed by atoms with Crippen LogP contribution in [0.5, 0.6) is 0 Å². The summed E-state index contributed by atoms with van der Waals surface area (Å²) in [5.41, 5.74) is 7.30. The van der Waals surface area contributed by atoms with Crippen molar-refractivity contribution in [2.45, 2.75) is 43.4 Å². The number of rotatable bonds is 4. The van der Waals surface area contributed by atoms with Crippen molar-refractivity contribution < 1.29 is 9.53 Å². The fourth-order valence-corrected chi connectivity index (χ4v) is 4.19. The molecule has 0 saturated heterocycles. The van der Waals surface area contributed by atoms with Gasteiger partial charge in [0.05, 0.1) is 6.04 Å². The number of benzene rings is 2. The fourth-order valence-electron chi connectivity index (χ4n) is 3.90. The molecule has 1 heterocycles. The fraction of sp³-hybridized carbons (Fsp3) is 0.333. The first-order valence-electron chi connectivity index (χ1n) is 8.95. The SMILES string of the molecule is NC(Cc1ccccc1)C1=NC2(c3ccccc3Cl)CCC[C@H](O1)C2=O. The van der Waals surface area contributed by atoms with Gasteiger partial charge in [-0.1, -0.05) is 60.1 Å². The number of nitrogens with zero attached hydrogens (tertiary/aromatic N) is 1. The molecule has 2 N–H and O–H groups in total. The van der Waals surface area contributed by atoms with Crippen molar-refractivity contribution in [2.24, 2.45) is 10.7 Å². The molecule has 2 aliphatic rings. The minimum atomic E-state index is -0.969. The molecule has 1 aliphatic heterocycles. The lowest BCUT2D eigenvalue weighted by molar-refractivity contribution is -0.137. The maximum atomic E-state index is 13.1. The Morgan fingerprint density at radius 3 is 2.69 bits per heavy atom. The van der Waals surface area contributed by atoms with Gasteiger partial charge in [-0.25, -0.2) is 4.99 Å². The third kappa shape index (κ3) is 2.93. The van der Waals surface area contributed by atoms with Crippen molar-refractivity contribution in [1.29, 1.82) is 0 Å². The highest BCUT2D eigenvalue weighted by Crippen LogP contribution is 2.44. The van der Waals surface area contributed by atoms with Crippen molar-refractivity contribution in [3.63, 3.8) is 0 Å². The summed E-state index contributed by atoms with van der Waals surface area (Å²) < 4.78 is 5.92. The largest absolute Gasteiger partial charge is 0.468 e. The average Bonchev–Trinajstić information content (AvgIpc) is 2.63. The van der Waals surface area contributed by atoms with E-state index in [1.165, 1.54) is 0 Å². The molecule has 1 fully saturated rings. The van der Waals surface area contributed by atoms with E-state index in [0.717, 1.165) is 17.5 Å². The predicted molar refractivity (Wildman–Crippen MR) is 102 cm³/mol. The lowest BCUT2D eigenvalue weighted by Crippen LogP contribution is -2.54. The van der Waals surface area contributed by atoms with Crippen molar-refractivity contribution in [3.8, 4) is 0 Å². The molecule has 4 nitrogen and oxygen atoms in total. The summed E-state index contributed by atoms with van der Waals surface area (Å²) in [5, 5.41) is 0.558. The van der Waals surface area contributed by atoms with E-state index in [2.05, 4.69) is 0 Å². The zero-order valence-electron chi connectivity index (χ0n) is 14.4. The van der Waals surface area contributed by atoms with Gasteiger partial charge in [-0.15, -0.1) is 0 Å². The van der Waals surface area contributed by atoms with Gasteiger partial charge in [0, 0.05) is 10.6 Å². The van der Waals surface area contributed by atoms with Gasteiger partial charge in [0.15, 0.2) is 11.6 Å². The van der Waals surface area contributed by atoms with Gasteiger partial charge in [0.25, 0.3) is 0 Å². The Bertz CT molecular complexity index is 852. The third-order valence-electron chi connectivity index (χ3n) is 5.20. The number of nitrogens with two attached hydrogens (primary N) is 1. The van der Waals surface area contributed by atoms with Gasteiger partial charge >= 0.3 is 0 Å². The summed E-state index contributed by atoms with van der Waals surface area (Å²) in [7, 11) is 0. The Hall–Kier alpha value is -2.17. The number of ether oxygens (including phenoxy) is 1. The van der Waals surface area contributed by atoms with Crippen LogP contribution in [0.1, 0.15) is 30.4 Å². The molecule has 1 saturated carbocycles. The smallest absolute Gasteiger partial charge is 0.205 e. The van der Waals surface area contributed by atoms with Crippen LogP contribution in [0, 0.1) is 0 Å². The van der Waals surface area contributed by atoms with Gasteiger partial charge in [-0.05, 0) is 37.3 Å². The number of hydrogen-bond acceptors (Lipinski definition) is 4. The van der Waals surface area contributed by atoms with Crippen LogP contribution in [-0.4, -0.2) is 23.8 Å². The maximum absolute atomic E-state index is 13.1. The van der Waals surface area contributed by atoms with E-state index in [4.69, 9.17) is 27.1 Å². The summed E-state index contributed by atoms with van der Waals surface area (Å²) in [6.07, 6.45) is 2.32. The molecule has 2 unspecified atom stereocenters. The number of halogens is 1. The highest BCUT2D eigenvalue weighted by molar-refractivity contribution is 6.32. The molecule has 0 radical (unpaired) electrons. The number of aliphatic imine (C=N–C) groups is 1. The minimum Gasteiger partial charge on any atom is -0.468 e. The Morgan fingerprint density at radius 1 is 1.19 bits per heavy atom. The van der Waals surface area contributed by atoms with Crippen LogP contribution in [0.25, 0.3) is 0 Å². The molecule has 134 valence electrons. The van der Waals surface area contributed by atoms with Crippen molar-refractivity contribution in [1.82, 2.24) is 0 Å². The van der Waals surface area contributed by atoms with E-state index >= 15 is 0 Å². The zero-order valence-corrected chi connectivity index (χ0v) is 15.2. The Balaban J connectivity index is 1.73. The summed E-state index contributed by atoms with van der Waals surface area (Å²) in [6, 6.07) is 17.0. The molecule has 2 bridgehead atoms. The van der Waals surface area contributed by atoms with Gasteiger partial charge in [-0.3, -0.25) is 4.79 Å². The standard InChI is InChI=1S/C21H21ClN2O2/c22-16-10-5-4-9-15(16)21-12-6-11-18(19(21)25)26-20(24-21)17(23)13-14-7-2-1-3-8-14/h1-5,7-10,17-18H,6,11-13,23H2/t17?,18-,21?/m0/s1. The zero-order chi connectivity index (χ0) is 18.1. The molecule has 0 amide bonds. The van der Waals surface area contributed by atoms with Gasteiger partial charge < -0.3 is 10.5 Å². The molecule has 2 aromatic rings. The average molecular weight is 369 g/mol. The van der Waals surface area contributed by atoms with Crippen LogP contribution in [0.2, 0.25) is 5.02 Å². The topological polar surface area (TPSA) is 64.7 Å². The first-order chi connectivity index (χ1) is 12.6. The van der Waals surface area contributed by atoms with Crippen molar-refractivity contribution >= 4 is 23.3 Å². The highest BCUT2D eigenvalue weighted by Gasteiger charge is 2.52. The summed E-state index contributed by atoms with van der Waals surface area (Å²) in [4.78, 5) is 17.9. The minimum absolute atomic E-state index is 0.00693. The predicted octanol–water partition coefficient (Wildman–Crippen LogP) is 3.66. The Kier molecular flexibility index (Phi) is 4.55. The number of ketones is 1. The third-order valence-corrected chi connectivity index (χ3v) is 5.53. The van der Waals surface area contributed by atoms with E-state index in [1.54, 1.807) is 6.07 Å². The number of Topliss-reactive ketones (excluding diaryl/α,β-unsaturated/α-hetero) is 1. The molecule has 4 rings (SSSR count). The van der Waals surface area contributed by atoms with E-state index in [0.29, 0.717) is 30.2 Å². The first-order valence-corrected chi connectivity index (χ1v) is 9.33. The molecule has 0 aromatic heterocycles. The van der Waals surface area contributed by atoms with Crippen LogP contribution in [0.3, 0.4) is 0 Å². The summed E-state index contributed by atoms with van der Waals surface area (Å²) in [5.74, 6) is 0.450. The van der Waals surface area contributed by atoms with E-state index in [1.807, 2.05) is 48.5 Å². The molecule has 0 spiro atoms. The number of hydrogen-bond donors (Lipinski definition) is 1. The van der Waals surface area contributed by atoms with Gasteiger partial charge in [0.2, 0.25) is 11.7 Å². The summed E-state index contributed by atoms with van der Waals surface area (Å²) in [6.45, 7) is 0. The number of carbonyl (C=O) groups excluding carboxylic acids is 1. The molecule has 2 aromatic carbocycles. The van der Waals surface area contributed by atoms with E-state index in [9.17, 15) is 4.79 Å². The monoisotopic (exact) mass is 368 g/mol. The van der Waals surface area contributed by atoms with Crippen LogP contribution in [0.4, 0.5) is 0 Å². The van der Waals surface area contributed by atoms with Crippen LogP contribution in [0.15, 0.2) is 59.6 Å². The molecule has 5 heteroatoms. The lowest BCUT2D eigenvalue weighted by Gasteiger charge is -2.42. The van der Waals surface area contributed by atoms with Crippen LogP contribution < -0.4 is 5.73 Å². The van der Waals surface area contributed by atoms with E-state index < -0.39 is 17.7 Å². The molecular weight excluding hydrogens is 348 g/mol. The number of fused-ring (bicyclic) bond motifs is 2. The van der Waals surface area contributed by atoms with Gasteiger partial charge in [-0.2, -0.15) is 0 Å². The van der Waals surface area contributed by atoms with Crippen molar-refractivity contribution in [3.05, 3.63) is 70.7 Å². The molecule has 3 atom stereocenters. The molecule has 1 aliphatic carbocycles. The van der Waals surface area contributed by atoms with E-state index in [-0.39, 0.29) is 5.78 Å². The van der Waals surface area contributed by atoms with Crippen LogP contribution >= 0.6 is 11.6 Å². The van der Waals surface area contributed by atoms with Crippen molar-refractivity contribution in [2.75, 3.05) is 0 Å². The Morgan fingerprint density at radius 2 is 1.92 bits per heavy atom.